The summed E-state index contributed by atoms with van der Waals surface area (Å²) in [5.41, 5.74) is 1.76. The largest absolute Gasteiger partial charge is 0.335 e. The smallest absolute Gasteiger partial charge is 0.264 e. The van der Waals surface area contributed by atoms with Crippen LogP contribution in [0.25, 0.3) is 0 Å². The standard InChI is InChI=1S/C23H28ClN3O2S/c1-2-3-9-25-11-13-26(14-12-25)23(29)21-15-18-16-27(10-8-20(18)30-21)22(28)17-4-6-19(24)7-5-17/h4-7,15H,2-3,8-14,16H2,1H3. The zero-order valence-electron chi connectivity index (χ0n) is 17.4. The Kier molecular flexibility index (Phi) is 6.76. The minimum absolute atomic E-state index is 0.0135. The molecule has 2 amide bonds. The summed E-state index contributed by atoms with van der Waals surface area (Å²) in [5, 5.41) is 0.625. The van der Waals surface area contributed by atoms with Crippen molar-refractivity contribution in [3.63, 3.8) is 0 Å². The van der Waals surface area contributed by atoms with Crippen LogP contribution < -0.4 is 0 Å². The molecule has 0 spiro atoms. The van der Waals surface area contributed by atoms with E-state index in [4.69, 9.17) is 11.6 Å². The third-order valence-corrected chi connectivity index (χ3v) is 7.42. The number of carbonyl (C=O) groups excluding carboxylic acids is 2. The number of halogens is 1. The molecule has 30 heavy (non-hydrogen) atoms. The van der Waals surface area contributed by atoms with Crippen LogP contribution in [-0.4, -0.2) is 65.8 Å². The van der Waals surface area contributed by atoms with Gasteiger partial charge in [-0.2, -0.15) is 0 Å². The van der Waals surface area contributed by atoms with E-state index in [-0.39, 0.29) is 11.8 Å². The van der Waals surface area contributed by atoms with Crippen molar-refractivity contribution in [2.24, 2.45) is 0 Å². The fourth-order valence-electron chi connectivity index (χ4n) is 4.10. The van der Waals surface area contributed by atoms with Crippen LogP contribution in [0.5, 0.6) is 0 Å². The van der Waals surface area contributed by atoms with Gasteiger partial charge in [-0.25, -0.2) is 0 Å². The maximum Gasteiger partial charge on any atom is 0.264 e. The molecule has 4 rings (SSSR count). The van der Waals surface area contributed by atoms with Crippen LogP contribution in [0.2, 0.25) is 5.02 Å². The van der Waals surface area contributed by atoms with E-state index in [2.05, 4.69) is 11.8 Å². The molecule has 160 valence electrons. The van der Waals surface area contributed by atoms with Crippen LogP contribution in [0.1, 0.15) is 50.2 Å². The van der Waals surface area contributed by atoms with Gasteiger partial charge in [-0.05, 0) is 55.3 Å². The molecule has 0 unspecified atom stereocenters. The molecule has 2 aliphatic rings. The molecule has 2 aromatic rings. The van der Waals surface area contributed by atoms with Gasteiger partial charge in [0.05, 0.1) is 4.88 Å². The molecule has 0 aliphatic carbocycles. The molecule has 0 radical (unpaired) electrons. The Labute approximate surface area is 187 Å². The second kappa shape index (κ2) is 9.50. The van der Waals surface area contributed by atoms with Gasteiger partial charge >= 0.3 is 0 Å². The molecule has 2 aliphatic heterocycles. The lowest BCUT2D eigenvalue weighted by Crippen LogP contribution is -2.48. The number of benzene rings is 1. The third kappa shape index (κ3) is 4.71. The predicted molar refractivity (Wildman–Crippen MR) is 121 cm³/mol. The van der Waals surface area contributed by atoms with E-state index >= 15 is 0 Å². The number of rotatable bonds is 5. The number of nitrogens with zero attached hydrogens (tertiary/aromatic N) is 3. The highest BCUT2D eigenvalue weighted by Crippen LogP contribution is 2.30. The Morgan fingerprint density at radius 1 is 1.00 bits per heavy atom. The summed E-state index contributed by atoms with van der Waals surface area (Å²) in [7, 11) is 0. The van der Waals surface area contributed by atoms with Gasteiger partial charge in [-0.15, -0.1) is 11.3 Å². The molecule has 0 N–H and O–H groups in total. The first kappa shape index (κ1) is 21.3. The topological polar surface area (TPSA) is 43.9 Å². The summed E-state index contributed by atoms with van der Waals surface area (Å²) >= 11 is 7.54. The highest BCUT2D eigenvalue weighted by atomic mass is 35.5. The van der Waals surface area contributed by atoms with Crippen molar-refractivity contribution in [3.05, 3.63) is 56.2 Å². The Hall–Kier alpha value is -1.89. The highest BCUT2D eigenvalue weighted by molar-refractivity contribution is 7.14. The molecule has 0 atom stereocenters. The number of fused-ring (bicyclic) bond motifs is 1. The van der Waals surface area contributed by atoms with Gasteiger partial charge in [0.1, 0.15) is 0 Å². The molecule has 5 nitrogen and oxygen atoms in total. The Morgan fingerprint density at radius 3 is 2.43 bits per heavy atom. The van der Waals surface area contributed by atoms with Crippen molar-refractivity contribution in [1.82, 2.24) is 14.7 Å². The van der Waals surface area contributed by atoms with Crippen molar-refractivity contribution >= 4 is 34.8 Å². The van der Waals surface area contributed by atoms with Crippen LogP contribution in [-0.2, 0) is 13.0 Å². The number of piperazine rings is 1. The maximum atomic E-state index is 13.0. The van der Waals surface area contributed by atoms with E-state index in [1.165, 1.54) is 17.7 Å². The predicted octanol–water partition coefficient (Wildman–Crippen LogP) is 4.16. The maximum absolute atomic E-state index is 13.0. The fraction of sp³-hybridized carbons (Fsp3) is 0.478. The van der Waals surface area contributed by atoms with Gasteiger partial charge in [0, 0.05) is 54.7 Å². The number of unbranched alkanes of at least 4 members (excludes halogenated alkanes) is 1. The lowest BCUT2D eigenvalue weighted by Gasteiger charge is -2.34. The number of thiophene rings is 1. The average molecular weight is 446 g/mol. The summed E-state index contributed by atoms with van der Waals surface area (Å²) in [6.07, 6.45) is 3.23. The minimum atomic E-state index is 0.0135. The van der Waals surface area contributed by atoms with Crippen molar-refractivity contribution < 1.29 is 9.59 Å². The number of amides is 2. The van der Waals surface area contributed by atoms with Gasteiger partial charge in [0.25, 0.3) is 11.8 Å². The SMILES string of the molecule is CCCCN1CCN(C(=O)c2cc3c(s2)CCN(C(=O)c2ccc(Cl)cc2)C3)CC1. The van der Waals surface area contributed by atoms with Gasteiger partial charge in [0.2, 0.25) is 0 Å². The average Bonchev–Trinajstić information content (AvgIpc) is 3.21. The highest BCUT2D eigenvalue weighted by Gasteiger charge is 2.28. The summed E-state index contributed by atoms with van der Waals surface area (Å²) < 4.78 is 0. The van der Waals surface area contributed by atoms with E-state index in [9.17, 15) is 9.59 Å². The molecular formula is C23H28ClN3O2S. The van der Waals surface area contributed by atoms with Crippen molar-refractivity contribution in [2.75, 3.05) is 39.3 Å². The minimum Gasteiger partial charge on any atom is -0.335 e. The lowest BCUT2D eigenvalue weighted by molar-refractivity contribution is 0.0640. The van der Waals surface area contributed by atoms with Crippen molar-refractivity contribution in [1.29, 1.82) is 0 Å². The van der Waals surface area contributed by atoms with E-state index in [0.29, 0.717) is 23.7 Å². The molecule has 0 saturated carbocycles. The van der Waals surface area contributed by atoms with Crippen molar-refractivity contribution in [2.45, 2.75) is 32.7 Å². The van der Waals surface area contributed by atoms with Crippen LogP contribution in [0.4, 0.5) is 0 Å². The van der Waals surface area contributed by atoms with E-state index in [1.807, 2.05) is 15.9 Å². The Balaban J connectivity index is 1.38. The van der Waals surface area contributed by atoms with Gasteiger partial charge in [-0.1, -0.05) is 24.9 Å². The second-order valence-electron chi connectivity index (χ2n) is 8.03. The zero-order chi connectivity index (χ0) is 21.1. The van der Waals surface area contributed by atoms with Crippen molar-refractivity contribution in [3.8, 4) is 0 Å². The summed E-state index contributed by atoms with van der Waals surface area (Å²) in [6, 6.07) is 9.03. The summed E-state index contributed by atoms with van der Waals surface area (Å²) in [4.78, 5) is 34.2. The third-order valence-electron chi connectivity index (χ3n) is 5.94. The van der Waals surface area contributed by atoms with Crippen LogP contribution >= 0.6 is 22.9 Å². The van der Waals surface area contributed by atoms with Gasteiger partial charge < -0.3 is 9.80 Å². The normalized spacial score (nSPS) is 17.1. The molecule has 1 aromatic carbocycles. The molecule has 1 aromatic heterocycles. The van der Waals surface area contributed by atoms with Crippen LogP contribution in [0.3, 0.4) is 0 Å². The summed E-state index contributed by atoms with van der Waals surface area (Å²) in [6.45, 7) is 8.09. The monoisotopic (exact) mass is 445 g/mol. The number of hydrogen-bond acceptors (Lipinski definition) is 4. The van der Waals surface area contributed by atoms with E-state index in [1.54, 1.807) is 35.6 Å². The number of hydrogen-bond donors (Lipinski definition) is 0. The quantitative estimate of drug-likeness (QED) is 0.694. The second-order valence-corrected chi connectivity index (χ2v) is 9.60. The molecule has 1 fully saturated rings. The first-order valence-electron chi connectivity index (χ1n) is 10.7. The Bertz CT molecular complexity index is 904. The Morgan fingerprint density at radius 2 is 1.73 bits per heavy atom. The molecule has 0 bridgehead atoms. The van der Waals surface area contributed by atoms with Crippen LogP contribution in [0, 0.1) is 0 Å². The molecule has 7 heteroatoms. The summed E-state index contributed by atoms with van der Waals surface area (Å²) in [5.74, 6) is 0.153. The first-order chi connectivity index (χ1) is 14.5. The van der Waals surface area contributed by atoms with Crippen LogP contribution in [0.15, 0.2) is 30.3 Å². The zero-order valence-corrected chi connectivity index (χ0v) is 19.0. The lowest BCUT2D eigenvalue weighted by atomic mass is 10.1. The fourth-order valence-corrected chi connectivity index (χ4v) is 5.36. The first-order valence-corrected chi connectivity index (χ1v) is 11.9. The van der Waals surface area contributed by atoms with E-state index < -0.39 is 0 Å². The molecular weight excluding hydrogens is 418 g/mol. The number of carbonyl (C=O) groups is 2. The van der Waals surface area contributed by atoms with Gasteiger partial charge in [0.15, 0.2) is 0 Å². The van der Waals surface area contributed by atoms with Gasteiger partial charge in [-0.3, -0.25) is 14.5 Å². The molecule has 3 heterocycles. The van der Waals surface area contributed by atoms with E-state index in [0.717, 1.165) is 49.6 Å². The molecule has 1 saturated heterocycles.